The van der Waals surface area contributed by atoms with Crippen molar-refractivity contribution in [2.75, 3.05) is 23.3 Å². The van der Waals surface area contributed by atoms with Gasteiger partial charge >= 0.3 is 0 Å². The van der Waals surface area contributed by atoms with E-state index in [0.717, 1.165) is 36.6 Å². The van der Waals surface area contributed by atoms with Gasteiger partial charge in [-0.3, -0.25) is 0 Å². The molecule has 3 rings (SSSR count). The van der Waals surface area contributed by atoms with Crippen LogP contribution >= 0.6 is 23.8 Å². The molecular formula is C19H22ClN3S. The molecule has 0 radical (unpaired) electrons. The average Bonchev–Trinajstić information content (AvgIpc) is 2.89. The summed E-state index contributed by atoms with van der Waals surface area (Å²) in [5.41, 5.74) is 3.78. The highest BCUT2D eigenvalue weighted by Crippen LogP contribution is 2.31. The summed E-state index contributed by atoms with van der Waals surface area (Å²) in [5.74, 6) is 0. The number of nitrogens with zero attached hydrogens (tertiary/aromatic N) is 1. The van der Waals surface area contributed by atoms with E-state index in [4.69, 9.17) is 23.8 Å². The summed E-state index contributed by atoms with van der Waals surface area (Å²) in [6, 6.07) is 16.8. The molecule has 0 spiro atoms. The molecule has 126 valence electrons. The van der Waals surface area contributed by atoms with Crippen molar-refractivity contribution in [3.05, 3.63) is 59.1 Å². The molecule has 0 saturated heterocycles. The van der Waals surface area contributed by atoms with Crippen molar-refractivity contribution in [1.82, 2.24) is 5.32 Å². The number of para-hydroxylation sites is 1. The average molecular weight is 360 g/mol. The Hall–Kier alpha value is -1.78. The monoisotopic (exact) mass is 359 g/mol. The van der Waals surface area contributed by atoms with E-state index >= 15 is 0 Å². The largest absolute Gasteiger partial charge is 0.368 e. The molecule has 2 aromatic carbocycles. The van der Waals surface area contributed by atoms with Crippen molar-refractivity contribution in [3.8, 4) is 0 Å². The summed E-state index contributed by atoms with van der Waals surface area (Å²) in [6.45, 7) is 4.18. The highest BCUT2D eigenvalue weighted by Gasteiger charge is 2.24. The first kappa shape index (κ1) is 17.1. The predicted molar refractivity (Wildman–Crippen MR) is 107 cm³/mol. The Morgan fingerprint density at radius 2 is 1.96 bits per heavy atom. The summed E-state index contributed by atoms with van der Waals surface area (Å²) < 4.78 is 0. The predicted octanol–water partition coefficient (Wildman–Crippen LogP) is 4.47. The lowest BCUT2D eigenvalue weighted by Gasteiger charge is -2.25. The Morgan fingerprint density at radius 3 is 2.75 bits per heavy atom. The molecule has 1 aliphatic rings. The lowest BCUT2D eigenvalue weighted by molar-refractivity contribution is 0.641. The quantitative estimate of drug-likeness (QED) is 0.608. The fourth-order valence-electron chi connectivity index (χ4n) is 3.13. The zero-order chi connectivity index (χ0) is 16.9. The van der Waals surface area contributed by atoms with Gasteiger partial charge in [0, 0.05) is 35.5 Å². The van der Waals surface area contributed by atoms with E-state index in [1.54, 1.807) is 0 Å². The molecule has 2 aromatic rings. The zero-order valence-corrected chi connectivity index (χ0v) is 15.3. The number of thiocarbonyl (C=S) groups is 1. The normalized spacial score (nSPS) is 15.9. The number of nitrogens with one attached hydrogen (secondary N) is 2. The number of hydrogen-bond acceptors (Lipinski definition) is 2. The second kappa shape index (κ2) is 7.86. The first-order valence-electron chi connectivity index (χ1n) is 8.28. The van der Waals surface area contributed by atoms with Crippen LogP contribution in [0.2, 0.25) is 5.02 Å². The lowest BCUT2D eigenvalue weighted by atomic mass is 10.1. The van der Waals surface area contributed by atoms with Gasteiger partial charge in [0.15, 0.2) is 5.11 Å². The Labute approximate surface area is 154 Å². The van der Waals surface area contributed by atoms with Crippen LogP contribution in [0, 0.1) is 0 Å². The molecule has 1 heterocycles. The molecule has 1 aliphatic heterocycles. The van der Waals surface area contributed by atoms with Gasteiger partial charge in [0.1, 0.15) is 0 Å². The minimum absolute atomic E-state index is 0.571. The number of halogens is 1. The second-order valence-corrected chi connectivity index (χ2v) is 6.96. The van der Waals surface area contributed by atoms with Crippen LogP contribution in [0.3, 0.4) is 0 Å². The highest BCUT2D eigenvalue weighted by molar-refractivity contribution is 7.80. The van der Waals surface area contributed by atoms with Crippen LogP contribution in [-0.4, -0.2) is 24.2 Å². The molecule has 3 nitrogen and oxygen atoms in total. The van der Waals surface area contributed by atoms with E-state index in [9.17, 15) is 0 Å². The highest BCUT2D eigenvalue weighted by atomic mass is 35.5. The van der Waals surface area contributed by atoms with E-state index in [1.165, 1.54) is 11.3 Å². The van der Waals surface area contributed by atoms with Gasteiger partial charge in [-0.15, -0.1) is 0 Å². The first-order valence-corrected chi connectivity index (χ1v) is 9.07. The molecule has 1 atom stereocenters. The third kappa shape index (κ3) is 4.19. The maximum absolute atomic E-state index is 5.88. The van der Waals surface area contributed by atoms with Crippen LogP contribution in [-0.2, 0) is 6.42 Å². The first-order chi connectivity index (χ1) is 11.6. The Morgan fingerprint density at radius 1 is 1.21 bits per heavy atom. The molecule has 5 heteroatoms. The molecule has 0 aromatic heterocycles. The van der Waals surface area contributed by atoms with E-state index in [0.29, 0.717) is 11.2 Å². The van der Waals surface area contributed by atoms with E-state index < -0.39 is 0 Å². The van der Waals surface area contributed by atoms with Gasteiger partial charge in [-0.1, -0.05) is 29.8 Å². The van der Waals surface area contributed by atoms with Gasteiger partial charge in [0.05, 0.1) is 0 Å². The Balaban J connectivity index is 1.42. The van der Waals surface area contributed by atoms with Crippen molar-refractivity contribution in [2.24, 2.45) is 0 Å². The van der Waals surface area contributed by atoms with E-state index in [2.05, 4.69) is 46.7 Å². The minimum Gasteiger partial charge on any atom is -0.368 e. The van der Waals surface area contributed by atoms with Gasteiger partial charge in [-0.25, -0.2) is 0 Å². The van der Waals surface area contributed by atoms with E-state index in [-0.39, 0.29) is 0 Å². The van der Waals surface area contributed by atoms with E-state index in [1.807, 2.05) is 24.3 Å². The molecular weight excluding hydrogens is 338 g/mol. The topological polar surface area (TPSA) is 27.3 Å². The second-order valence-electron chi connectivity index (χ2n) is 6.12. The third-order valence-electron chi connectivity index (χ3n) is 4.31. The van der Waals surface area contributed by atoms with Crippen LogP contribution in [0.25, 0.3) is 0 Å². The van der Waals surface area contributed by atoms with Crippen molar-refractivity contribution in [3.63, 3.8) is 0 Å². The van der Waals surface area contributed by atoms with Gasteiger partial charge in [-0.05, 0) is 67.9 Å². The number of anilines is 2. The number of fused-ring (bicyclic) bond motifs is 1. The summed E-state index contributed by atoms with van der Waals surface area (Å²) in [4.78, 5) is 2.49. The summed E-state index contributed by atoms with van der Waals surface area (Å²) in [6.07, 6.45) is 2.18. The SMILES string of the molecule is CC1Cc2ccccc2N1CCCNC(=S)Nc1ccc(Cl)cc1. The molecule has 0 saturated carbocycles. The standard InChI is InChI=1S/C19H22ClN3S/c1-14-13-15-5-2-3-6-18(15)23(14)12-4-11-21-19(24)22-17-9-7-16(20)8-10-17/h2-3,5-10,14H,4,11-13H2,1H3,(H2,21,22,24). The van der Waals surface area contributed by atoms with Crippen LogP contribution in [0.5, 0.6) is 0 Å². The van der Waals surface area contributed by atoms with Crippen LogP contribution < -0.4 is 15.5 Å². The summed E-state index contributed by atoms with van der Waals surface area (Å²) in [7, 11) is 0. The van der Waals surface area contributed by atoms with Crippen LogP contribution in [0.15, 0.2) is 48.5 Å². The number of benzene rings is 2. The lowest BCUT2D eigenvalue weighted by Crippen LogP contribution is -2.34. The molecule has 0 bridgehead atoms. The number of hydrogen-bond donors (Lipinski definition) is 2. The third-order valence-corrected chi connectivity index (χ3v) is 4.81. The summed E-state index contributed by atoms with van der Waals surface area (Å²) in [5, 5.41) is 7.81. The van der Waals surface area contributed by atoms with Crippen LogP contribution in [0.4, 0.5) is 11.4 Å². The molecule has 0 amide bonds. The molecule has 1 unspecified atom stereocenters. The minimum atomic E-state index is 0.571. The van der Waals surface area contributed by atoms with Crippen molar-refractivity contribution in [2.45, 2.75) is 25.8 Å². The fourth-order valence-corrected chi connectivity index (χ4v) is 3.48. The van der Waals surface area contributed by atoms with Gasteiger partial charge in [0.2, 0.25) is 0 Å². The van der Waals surface area contributed by atoms with Crippen molar-refractivity contribution < 1.29 is 0 Å². The van der Waals surface area contributed by atoms with Gasteiger partial charge < -0.3 is 15.5 Å². The fraction of sp³-hybridized carbons (Fsp3) is 0.316. The summed E-state index contributed by atoms with van der Waals surface area (Å²) >= 11 is 11.2. The zero-order valence-electron chi connectivity index (χ0n) is 13.8. The molecule has 24 heavy (non-hydrogen) atoms. The molecule has 0 fully saturated rings. The van der Waals surface area contributed by atoms with Crippen molar-refractivity contribution >= 4 is 40.3 Å². The molecule has 2 N–H and O–H groups in total. The maximum Gasteiger partial charge on any atom is 0.170 e. The maximum atomic E-state index is 5.88. The van der Waals surface area contributed by atoms with Gasteiger partial charge in [-0.2, -0.15) is 0 Å². The van der Waals surface area contributed by atoms with Gasteiger partial charge in [0.25, 0.3) is 0 Å². The Kier molecular flexibility index (Phi) is 5.59. The number of rotatable bonds is 5. The smallest absolute Gasteiger partial charge is 0.170 e. The Bertz CT molecular complexity index is 702. The molecule has 0 aliphatic carbocycles. The van der Waals surface area contributed by atoms with Crippen LogP contribution in [0.1, 0.15) is 18.9 Å². The van der Waals surface area contributed by atoms with Crippen molar-refractivity contribution in [1.29, 1.82) is 0 Å².